The molecule has 0 aliphatic carbocycles. The molecule has 3 N–H and O–H groups in total. The average Bonchev–Trinajstić information content (AvgIpc) is 2.58. The second-order valence-electron chi connectivity index (χ2n) is 5.36. The molecule has 1 aliphatic rings. The zero-order valence-electron chi connectivity index (χ0n) is 10.5. The summed E-state index contributed by atoms with van der Waals surface area (Å²) in [6.07, 6.45) is 0.345. The Hall–Kier alpha value is -0.750. The molecule has 1 heterocycles. The lowest BCUT2D eigenvalue weighted by molar-refractivity contribution is -0.150. The zero-order chi connectivity index (χ0) is 13.5. The van der Waals surface area contributed by atoms with Crippen molar-refractivity contribution in [2.45, 2.75) is 44.5 Å². The van der Waals surface area contributed by atoms with Crippen LogP contribution in [0.4, 0.5) is 0 Å². The number of carboxylic acid groups (broad SMARTS) is 2. The topological polar surface area (TPSA) is 86.6 Å². The smallest absolute Gasteiger partial charge is 0.334 e. The first-order chi connectivity index (χ1) is 7.61. The summed E-state index contributed by atoms with van der Waals surface area (Å²) < 4.78 is 0. The van der Waals surface area contributed by atoms with Crippen molar-refractivity contribution in [3.63, 3.8) is 0 Å². The fraction of sp³-hybridized carbons (Fsp3) is 0.818. The zero-order valence-corrected chi connectivity index (χ0v) is 11.3. The third kappa shape index (κ3) is 2.04. The van der Waals surface area contributed by atoms with Crippen molar-refractivity contribution in [3.8, 4) is 0 Å². The van der Waals surface area contributed by atoms with Crippen molar-refractivity contribution < 1.29 is 19.8 Å². The number of hydrogen-bond acceptors (Lipinski definition) is 4. The molecule has 1 saturated heterocycles. The predicted molar refractivity (Wildman–Crippen MR) is 66.1 cm³/mol. The third-order valence-electron chi connectivity index (χ3n) is 3.44. The maximum atomic E-state index is 11.5. The van der Waals surface area contributed by atoms with E-state index in [-0.39, 0.29) is 5.75 Å². The maximum Gasteiger partial charge on any atom is 0.334 e. The number of rotatable bonds is 3. The minimum absolute atomic E-state index is 0.256. The molecule has 98 valence electrons. The van der Waals surface area contributed by atoms with Gasteiger partial charge in [-0.25, -0.2) is 4.79 Å². The van der Waals surface area contributed by atoms with Gasteiger partial charge >= 0.3 is 11.9 Å². The molecule has 0 aromatic rings. The molecular weight excluding hydrogens is 242 g/mol. The molecule has 0 aromatic carbocycles. The van der Waals surface area contributed by atoms with E-state index < -0.39 is 27.8 Å². The van der Waals surface area contributed by atoms with E-state index in [4.69, 9.17) is 0 Å². The van der Waals surface area contributed by atoms with Gasteiger partial charge in [0.15, 0.2) is 4.87 Å². The van der Waals surface area contributed by atoms with Crippen LogP contribution in [-0.2, 0) is 9.59 Å². The number of carbonyl (C=O) groups is 2. The molecule has 17 heavy (non-hydrogen) atoms. The highest BCUT2D eigenvalue weighted by atomic mass is 32.2. The molecule has 1 rings (SSSR count). The van der Waals surface area contributed by atoms with Gasteiger partial charge in [-0.2, -0.15) is 0 Å². The van der Waals surface area contributed by atoms with E-state index in [9.17, 15) is 19.8 Å². The Labute approximate surface area is 105 Å². The van der Waals surface area contributed by atoms with E-state index in [2.05, 4.69) is 5.32 Å². The number of carboxylic acids is 2. The van der Waals surface area contributed by atoms with Crippen molar-refractivity contribution in [2.75, 3.05) is 5.75 Å². The largest absolute Gasteiger partial charge is 0.480 e. The van der Waals surface area contributed by atoms with E-state index >= 15 is 0 Å². The van der Waals surface area contributed by atoms with Crippen molar-refractivity contribution in [2.24, 2.45) is 5.41 Å². The molecule has 0 spiro atoms. The molecule has 0 amide bonds. The van der Waals surface area contributed by atoms with Gasteiger partial charge in [0.05, 0.1) is 0 Å². The Bertz CT molecular complexity index is 352. The fourth-order valence-corrected chi connectivity index (χ4v) is 3.61. The van der Waals surface area contributed by atoms with Crippen LogP contribution >= 0.6 is 11.8 Å². The highest BCUT2D eigenvalue weighted by Gasteiger charge is 2.60. The van der Waals surface area contributed by atoms with Gasteiger partial charge in [-0.05, 0) is 11.8 Å². The van der Waals surface area contributed by atoms with E-state index in [1.807, 2.05) is 20.8 Å². The summed E-state index contributed by atoms with van der Waals surface area (Å²) in [6.45, 7) is 7.17. The van der Waals surface area contributed by atoms with Crippen LogP contribution in [0, 0.1) is 5.41 Å². The first-order valence-corrected chi connectivity index (χ1v) is 6.50. The number of aliphatic carboxylic acids is 2. The van der Waals surface area contributed by atoms with Gasteiger partial charge in [0.25, 0.3) is 0 Å². The predicted octanol–water partition coefficient (Wildman–Crippen LogP) is 1.38. The highest BCUT2D eigenvalue weighted by molar-refractivity contribution is 8.01. The second-order valence-corrected chi connectivity index (χ2v) is 6.63. The van der Waals surface area contributed by atoms with Crippen LogP contribution in [0.2, 0.25) is 0 Å². The van der Waals surface area contributed by atoms with Crippen LogP contribution in [-0.4, -0.2) is 38.3 Å². The van der Waals surface area contributed by atoms with Crippen LogP contribution in [0.25, 0.3) is 0 Å². The summed E-state index contributed by atoms with van der Waals surface area (Å²) in [5, 5.41) is 21.6. The van der Waals surface area contributed by atoms with Gasteiger partial charge in [0.2, 0.25) is 0 Å². The van der Waals surface area contributed by atoms with Gasteiger partial charge < -0.3 is 10.2 Å². The normalized spacial score (nSPS) is 33.6. The van der Waals surface area contributed by atoms with E-state index in [0.29, 0.717) is 6.42 Å². The molecule has 2 atom stereocenters. The van der Waals surface area contributed by atoms with Crippen molar-refractivity contribution in [1.82, 2.24) is 5.32 Å². The fourth-order valence-electron chi connectivity index (χ4n) is 1.95. The molecule has 0 bridgehead atoms. The van der Waals surface area contributed by atoms with Crippen LogP contribution in [0.3, 0.4) is 0 Å². The second kappa shape index (κ2) is 4.17. The maximum absolute atomic E-state index is 11.5. The Morgan fingerprint density at radius 1 is 1.29 bits per heavy atom. The summed E-state index contributed by atoms with van der Waals surface area (Å²) in [5.41, 5.74) is -1.76. The molecule has 1 aliphatic heterocycles. The first kappa shape index (κ1) is 14.3. The quantitative estimate of drug-likeness (QED) is 0.711. The van der Waals surface area contributed by atoms with E-state index in [1.54, 1.807) is 6.92 Å². The molecule has 0 aromatic heterocycles. The monoisotopic (exact) mass is 261 g/mol. The summed E-state index contributed by atoms with van der Waals surface area (Å²) in [5.74, 6) is -1.74. The minimum Gasteiger partial charge on any atom is -0.480 e. The first-order valence-electron chi connectivity index (χ1n) is 5.51. The summed E-state index contributed by atoms with van der Waals surface area (Å²) in [7, 11) is 0. The number of nitrogens with one attached hydrogen (secondary N) is 1. The number of thioether (sulfide) groups is 1. The third-order valence-corrected chi connectivity index (χ3v) is 5.07. The van der Waals surface area contributed by atoms with Gasteiger partial charge in [-0.1, -0.05) is 27.7 Å². The highest BCUT2D eigenvalue weighted by Crippen LogP contribution is 2.46. The summed E-state index contributed by atoms with van der Waals surface area (Å²) in [6, 6.07) is 0. The van der Waals surface area contributed by atoms with Crippen LogP contribution in [0.15, 0.2) is 0 Å². The van der Waals surface area contributed by atoms with Gasteiger partial charge in [-0.15, -0.1) is 11.8 Å². The number of hydrogen-bond donors (Lipinski definition) is 3. The van der Waals surface area contributed by atoms with Gasteiger partial charge in [-0.3, -0.25) is 10.1 Å². The van der Waals surface area contributed by atoms with Crippen LogP contribution < -0.4 is 5.32 Å². The Morgan fingerprint density at radius 3 is 2.00 bits per heavy atom. The lowest BCUT2D eigenvalue weighted by atomic mass is 9.74. The Balaban J connectivity index is 3.18. The standard InChI is InChI=1S/C11H19NO4S/c1-5-11(8(15)16)12-10(6-17-11,7(13)14)9(2,3)4/h12H,5-6H2,1-4H3,(H,13,14)(H,15,16). The lowest BCUT2D eigenvalue weighted by Gasteiger charge is -2.39. The van der Waals surface area contributed by atoms with Crippen LogP contribution in [0.5, 0.6) is 0 Å². The van der Waals surface area contributed by atoms with E-state index in [0.717, 1.165) is 0 Å². The Kier molecular flexibility index (Phi) is 3.51. The average molecular weight is 261 g/mol. The van der Waals surface area contributed by atoms with Gasteiger partial charge in [0.1, 0.15) is 5.54 Å². The summed E-state index contributed by atoms with van der Waals surface area (Å²) >= 11 is 1.17. The SMILES string of the molecule is CCC1(C(=O)O)NC(C(=O)O)(C(C)(C)C)CS1. The molecule has 6 heteroatoms. The van der Waals surface area contributed by atoms with Crippen molar-refractivity contribution in [1.29, 1.82) is 0 Å². The molecule has 1 fully saturated rings. The van der Waals surface area contributed by atoms with Gasteiger partial charge in [0, 0.05) is 5.75 Å². The molecule has 2 unspecified atom stereocenters. The molecular formula is C11H19NO4S. The lowest BCUT2D eigenvalue weighted by Crippen LogP contribution is -2.64. The van der Waals surface area contributed by atoms with E-state index in [1.165, 1.54) is 11.8 Å². The minimum atomic E-state index is -1.20. The van der Waals surface area contributed by atoms with Crippen LogP contribution in [0.1, 0.15) is 34.1 Å². The Morgan fingerprint density at radius 2 is 1.82 bits per heavy atom. The van der Waals surface area contributed by atoms with Crippen molar-refractivity contribution in [3.05, 3.63) is 0 Å². The molecule has 0 saturated carbocycles. The van der Waals surface area contributed by atoms with Crippen molar-refractivity contribution >= 4 is 23.7 Å². The molecule has 0 radical (unpaired) electrons. The molecule has 5 nitrogen and oxygen atoms in total. The summed E-state index contributed by atoms with van der Waals surface area (Å²) in [4.78, 5) is 21.7.